The Morgan fingerprint density at radius 3 is 2.53 bits per heavy atom. The van der Waals surface area contributed by atoms with Crippen LogP contribution in [-0.2, 0) is 13.0 Å². The molecule has 4 aromatic rings. The zero-order chi connectivity index (χ0) is 20.9. The van der Waals surface area contributed by atoms with Crippen LogP contribution in [0.1, 0.15) is 21.7 Å². The Hall–Kier alpha value is -3.67. The summed E-state index contributed by atoms with van der Waals surface area (Å²) in [6.45, 7) is 0.806. The highest BCUT2D eigenvalue weighted by Crippen LogP contribution is 2.19. The normalized spacial score (nSPS) is 10.9. The third-order valence-electron chi connectivity index (χ3n) is 5.01. The van der Waals surface area contributed by atoms with E-state index in [-0.39, 0.29) is 11.7 Å². The highest BCUT2D eigenvalue weighted by molar-refractivity contribution is 5.94. The lowest BCUT2D eigenvalue weighted by atomic mass is 10.2. The van der Waals surface area contributed by atoms with Gasteiger partial charge >= 0.3 is 0 Å². The molecule has 0 atom stereocenters. The van der Waals surface area contributed by atoms with Gasteiger partial charge in [0.05, 0.1) is 24.7 Å². The Bertz CT molecular complexity index is 1170. The lowest BCUT2D eigenvalue weighted by molar-refractivity contribution is 0.0954. The van der Waals surface area contributed by atoms with Crippen molar-refractivity contribution in [1.82, 2.24) is 14.9 Å². The Morgan fingerprint density at radius 1 is 1.03 bits per heavy atom. The molecular formula is C24H22FN3O2. The molecule has 5 nitrogen and oxygen atoms in total. The monoisotopic (exact) mass is 403 g/mol. The summed E-state index contributed by atoms with van der Waals surface area (Å²) in [5.41, 5.74) is 2.96. The molecule has 3 aromatic carbocycles. The number of methoxy groups -OCH3 is 1. The van der Waals surface area contributed by atoms with Crippen molar-refractivity contribution in [3.05, 3.63) is 95.6 Å². The van der Waals surface area contributed by atoms with Gasteiger partial charge in [0, 0.05) is 24.1 Å². The van der Waals surface area contributed by atoms with E-state index in [1.165, 1.54) is 6.07 Å². The molecule has 1 N–H and O–H groups in total. The van der Waals surface area contributed by atoms with E-state index in [1.807, 2.05) is 34.9 Å². The van der Waals surface area contributed by atoms with Crippen LogP contribution >= 0.6 is 0 Å². The summed E-state index contributed by atoms with van der Waals surface area (Å²) in [6, 6.07) is 21.5. The molecule has 0 aliphatic heterocycles. The van der Waals surface area contributed by atoms with Crippen molar-refractivity contribution < 1.29 is 13.9 Å². The van der Waals surface area contributed by atoms with Gasteiger partial charge < -0.3 is 14.6 Å². The number of carbonyl (C=O) groups excluding carboxylic acids is 1. The minimum atomic E-state index is -0.242. The van der Waals surface area contributed by atoms with Crippen LogP contribution < -0.4 is 10.1 Å². The molecule has 0 bridgehead atoms. The average molecular weight is 403 g/mol. The van der Waals surface area contributed by atoms with Crippen LogP contribution in [-0.4, -0.2) is 29.1 Å². The fourth-order valence-corrected chi connectivity index (χ4v) is 3.42. The molecule has 0 aliphatic carbocycles. The molecule has 1 amide bonds. The van der Waals surface area contributed by atoms with E-state index in [0.717, 1.165) is 16.9 Å². The minimum Gasteiger partial charge on any atom is -0.497 e. The number of imidazole rings is 1. The third-order valence-corrected chi connectivity index (χ3v) is 5.01. The molecule has 0 fully saturated rings. The fourth-order valence-electron chi connectivity index (χ4n) is 3.42. The first-order valence-corrected chi connectivity index (χ1v) is 9.75. The van der Waals surface area contributed by atoms with E-state index >= 15 is 0 Å². The van der Waals surface area contributed by atoms with E-state index in [0.29, 0.717) is 36.4 Å². The zero-order valence-corrected chi connectivity index (χ0v) is 16.6. The van der Waals surface area contributed by atoms with E-state index in [1.54, 1.807) is 43.5 Å². The number of nitrogens with one attached hydrogen (secondary N) is 1. The molecule has 0 aliphatic rings. The molecule has 0 spiro atoms. The maximum absolute atomic E-state index is 14.2. The molecular weight excluding hydrogens is 381 g/mol. The summed E-state index contributed by atoms with van der Waals surface area (Å²) in [7, 11) is 1.59. The first kappa shape index (κ1) is 19.6. The second-order valence-electron chi connectivity index (χ2n) is 6.93. The van der Waals surface area contributed by atoms with Crippen LogP contribution in [0.15, 0.2) is 72.8 Å². The van der Waals surface area contributed by atoms with Crippen molar-refractivity contribution in [3.8, 4) is 5.75 Å². The number of hydrogen-bond acceptors (Lipinski definition) is 3. The van der Waals surface area contributed by atoms with Gasteiger partial charge in [-0.25, -0.2) is 9.37 Å². The number of nitrogens with zero attached hydrogens (tertiary/aromatic N) is 2. The average Bonchev–Trinajstić information content (AvgIpc) is 3.12. The number of aromatic nitrogens is 2. The number of hydrogen-bond donors (Lipinski definition) is 1. The van der Waals surface area contributed by atoms with Crippen molar-refractivity contribution in [2.45, 2.75) is 13.0 Å². The SMILES string of the molecule is COc1ccc(C(=O)NCCc2nc3ccccc3n2Cc2ccccc2F)cc1. The van der Waals surface area contributed by atoms with E-state index in [9.17, 15) is 9.18 Å². The lowest BCUT2D eigenvalue weighted by Gasteiger charge is -2.11. The zero-order valence-electron chi connectivity index (χ0n) is 16.6. The number of para-hydroxylation sites is 2. The van der Waals surface area contributed by atoms with Crippen molar-refractivity contribution in [3.63, 3.8) is 0 Å². The summed E-state index contributed by atoms with van der Waals surface area (Å²) < 4.78 is 21.3. The molecule has 0 unspecified atom stereocenters. The first-order valence-electron chi connectivity index (χ1n) is 9.75. The van der Waals surface area contributed by atoms with Gasteiger partial charge in [-0.3, -0.25) is 4.79 Å². The van der Waals surface area contributed by atoms with Crippen molar-refractivity contribution in [1.29, 1.82) is 0 Å². The predicted octanol–water partition coefficient (Wildman–Crippen LogP) is 4.20. The van der Waals surface area contributed by atoms with Crippen LogP contribution in [0.2, 0.25) is 0 Å². The van der Waals surface area contributed by atoms with Gasteiger partial charge in [0.15, 0.2) is 0 Å². The maximum Gasteiger partial charge on any atom is 0.251 e. The second kappa shape index (κ2) is 8.78. The van der Waals surface area contributed by atoms with Gasteiger partial charge in [-0.15, -0.1) is 0 Å². The van der Waals surface area contributed by atoms with Gasteiger partial charge in [0.25, 0.3) is 5.91 Å². The van der Waals surface area contributed by atoms with Crippen molar-refractivity contribution in [2.24, 2.45) is 0 Å². The number of rotatable bonds is 7. The van der Waals surface area contributed by atoms with E-state index in [2.05, 4.69) is 5.32 Å². The molecule has 6 heteroatoms. The molecule has 4 rings (SSSR count). The summed E-state index contributed by atoms with van der Waals surface area (Å²) >= 11 is 0. The van der Waals surface area contributed by atoms with Gasteiger partial charge in [0.1, 0.15) is 17.4 Å². The number of ether oxygens (including phenoxy) is 1. The number of fused-ring (bicyclic) bond motifs is 1. The molecule has 0 saturated heterocycles. The molecule has 1 heterocycles. The first-order chi connectivity index (χ1) is 14.7. The minimum absolute atomic E-state index is 0.158. The molecule has 0 radical (unpaired) electrons. The van der Waals surface area contributed by atoms with Crippen LogP contribution in [0.25, 0.3) is 11.0 Å². The number of carbonyl (C=O) groups is 1. The maximum atomic E-state index is 14.2. The highest BCUT2D eigenvalue weighted by atomic mass is 19.1. The van der Waals surface area contributed by atoms with Gasteiger partial charge in [-0.2, -0.15) is 0 Å². The summed E-state index contributed by atoms with van der Waals surface area (Å²) in [5.74, 6) is 1.10. The largest absolute Gasteiger partial charge is 0.497 e. The van der Waals surface area contributed by atoms with Gasteiger partial charge in [0.2, 0.25) is 0 Å². The molecule has 1 aromatic heterocycles. The summed E-state index contributed by atoms with van der Waals surface area (Å²) in [4.78, 5) is 17.1. The smallest absolute Gasteiger partial charge is 0.251 e. The van der Waals surface area contributed by atoms with Gasteiger partial charge in [-0.1, -0.05) is 30.3 Å². The second-order valence-corrected chi connectivity index (χ2v) is 6.93. The van der Waals surface area contributed by atoms with Crippen LogP contribution in [0.4, 0.5) is 4.39 Å². The summed E-state index contributed by atoms with van der Waals surface area (Å²) in [5, 5.41) is 2.92. The van der Waals surface area contributed by atoms with Crippen LogP contribution in [0.5, 0.6) is 5.75 Å². The topological polar surface area (TPSA) is 56.1 Å². The Balaban J connectivity index is 1.50. The van der Waals surface area contributed by atoms with E-state index in [4.69, 9.17) is 9.72 Å². The molecule has 30 heavy (non-hydrogen) atoms. The van der Waals surface area contributed by atoms with E-state index < -0.39 is 0 Å². The Morgan fingerprint density at radius 2 is 1.77 bits per heavy atom. The van der Waals surface area contributed by atoms with Gasteiger partial charge in [-0.05, 0) is 42.5 Å². The standard InChI is InChI=1S/C24H22FN3O2/c1-30-19-12-10-17(11-13-19)24(29)26-15-14-23-27-21-8-4-5-9-22(21)28(23)16-18-6-2-3-7-20(18)25/h2-13H,14-16H2,1H3,(H,26,29). The summed E-state index contributed by atoms with van der Waals surface area (Å²) in [6.07, 6.45) is 0.533. The lowest BCUT2D eigenvalue weighted by Crippen LogP contribution is -2.26. The third kappa shape index (κ3) is 4.17. The quantitative estimate of drug-likeness (QED) is 0.503. The van der Waals surface area contributed by atoms with Crippen LogP contribution in [0, 0.1) is 5.82 Å². The Kier molecular flexibility index (Phi) is 5.75. The number of halogens is 1. The number of benzene rings is 3. The number of amides is 1. The molecule has 152 valence electrons. The van der Waals surface area contributed by atoms with Crippen molar-refractivity contribution in [2.75, 3.05) is 13.7 Å². The van der Waals surface area contributed by atoms with Crippen LogP contribution in [0.3, 0.4) is 0 Å². The molecule has 0 saturated carbocycles. The Labute approximate surface area is 174 Å². The fraction of sp³-hybridized carbons (Fsp3) is 0.167. The highest BCUT2D eigenvalue weighted by Gasteiger charge is 2.13. The predicted molar refractivity (Wildman–Crippen MR) is 114 cm³/mol. The van der Waals surface area contributed by atoms with Crippen molar-refractivity contribution >= 4 is 16.9 Å².